The van der Waals surface area contributed by atoms with Crippen LogP contribution in [0.15, 0.2) is 58.8 Å². The second kappa shape index (κ2) is 13.3. The molecule has 0 bridgehead atoms. The number of anilines is 2. The van der Waals surface area contributed by atoms with Crippen LogP contribution >= 0.6 is 11.6 Å². The summed E-state index contributed by atoms with van der Waals surface area (Å²) in [6, 6.07) is 13.1. The van der Waals surface area contributed by atoms with E-state index in [1.807, 2.05) is 57.7 Å². The molecule has 2 aromatic carbocycles. The van der Waals surface area contributed by atoms with Gasteiger partial charge in [-0.25, -0.2) is 0 Å². The van der Waals surface area contributed by atoms with Gasteiger partial charge < -0.3 is 14.2 Å². The zero-order chi connectivity index (χ0) is 30.5. The fraction of sp³-hybridized carbons (Fsp3) is 0.357. The van der Waals surface area contributed by atoms with Gasteiger partial charge in [0.2, 0.25) is 5.58 Å². The summed E-state index contributed by atoms with van der Waals surface area (Å²) in [5.74, 6) is 0.682. The van der Waals surface area contributed by atoms with Gasteiger partial charge in [0.25, 0.3) is 25.8 Å². The van der Waals surface area contributed by atoms with Crippen LogP contribution in [0.1, 0.15) is 44.1 Å². The number of oxazole rings is 1. The Balaban J connectivity index is 1.65. The van der Waals surface area contributed by atoms with E-state index in [4.69, 9.17) is 25.1 Å². The molecule has 3 aromatic rings. The minimum atomic E-state index is -4.07. The SMILES string of the molecule is CCN1/C(=C/C=C/c2oc3ccccc3[n+]2CCCCS(=O)(=O)O)N(CCCCS(=O)(=O)O)c2cc(C#N)c(Cl)cc21. The molecule has 1 aliphatic rings. The number of benzene rings is 2. The van der Waals surface area contributed by atoms with E-state index in [1.54, 1.807) is 18.2 Å². The first-order valence-electron chi connectivity index (χ1n) is 13.4. The number of allylic oxidation sites excluding steroid dienone is 2. The van der Waals surface area contributed by atoms with Gasteiger partial charge in [-0.2, -0.15) is 26.7 Å². The van der Waals surface area contributed by atoms with Crippen molar-refractivity contribution in [1.29, 1.82) is 5.26 Å². The van der Waals surface area contributed by atoms with Crippen molar-refractivity contribution in [3.05, 3.63) is 70.8 Å². The fourth-order valence-electron chi connectivity index (χ4n) is 4.94. The molecule has 0 radical (unpaired) electrons. The molecule has 0 fully saturated rings. The first-order chi connectivity index (χ1) is 19.9. The van der Waals surface area contributed by atoms with Crippen LogP contribution in [0.2, 0.25) is 5.02 Å². The van der Waals surface area contributed by atoms with Crippen LogP contribution in [0.5, 0.6) is 0 Å². The van der Waals surface area contributed by atoms with Crippen LogP contribution in [0.25, 0.3) is 17.2 Å². The zero-order valence-corrected chi connectivity index (χ0v) is 25.4. The summed E-state index contributed by atoms with van der Waals surface area (Å²) >= 11 is 6.36. The average Bonchev–Trinajstić information content (AvgIpc) is 3.41. The lowest BCUT2D eigenvalue weighted by Crippen LogP contribution is -2.35. The van der Waals surface area contributed by atoms with E-state index < -0.39 is 20.2 Å². The molecule has 224 valence electrons. The Morgan fingerprint density at radius 2 is 1.67 bits per heavy atom. The molecule has 2 N–H and O–H groups in total. The van der Waals surface area contributed by atoms with Crippen molar-refractivity contribution in [2.24, 2.45) is 0 Å². The zero-order valence-electron chi connectivity index (χ0n) is 23.0. The van der Waals surface area contributed by atoms with Gasteiger partial charge in [-0.05, 0) is 56.5 Å². The maximum Gasteiger partial charge on any atom is 0.374 e. The number of aryl methyl sites for hydroxylation is 1. The number of unbranched alkanes of at least 4 members (excludes halogenated alkanes) is 2. The number of nitriles is 1. The monoisotopic (exact) mass is 635 g/mol. The number of fused-ring (bicyclic) bond motifs is 2. The highest BCUT2D eigenvalue weighted by Crippen LogP contribution is 2.44. The number of nitrogens with zero attached hydrogens (tertiary/aromatic N) is 4. The van der Waals surface area contributed by atoms with Gasteiger partial charge >= 0.3 is 5.89 Å². The van der Waals surface area contributed by atoms with Crippen LogP contribution in [0, 0.1) is 11.3 Å². The molecule has 0 amide bonds. The Morgan fingerprint density at radius 1 is 1.00 bits per heavy atom. The average molecular weight is 636 g/mol. The minimum absolute atomic E-state index is 0.259. The van der Waals surface area contributed by atoms with Crippen molar-refractivity contribution in [3.63, 3.8) is 0 Å². The summed E-state index contributed by atoms with van der Waals surface area (Å²) in [7, 11) is -8.10. The Bertz CT molecular complexity index is 1780. The van der Waals surface area contributed by atoms with E-state index in [0.29, 0.717) is 61.0 Å². The number of halogens is 1. The van der Waals surface area contributed by atoms with Gasteiger partial charge in [-0.1, -0.05) is 23.7 Å². The summed E-state index contributed by atoms with van der Waals surface area (Å²) in [6.45, 7) is 3.48. The summed E-state index contributed by atoms with van der Waals surface area (Å²) in [6.07, 6.45) is 7.05. The van der Waals surface area contributed by atoms with Crippen LogP contribution in [-0.2, 0) is 26.8 Å². The van der Waals surface area contributed by atoms with Gasteiger partial charge in [-0.3, -0.25) is 9.11 Å². The summed E-state index contributed by atoms with van der Waals surface area (Å²) in [5, 5.41) is 9.89. The van der Waals surface area contributed by atoms with E-state index in [9.17, 15) is 22.1 Å². The quantitative estimate of drug-likeness (QED) is 0.152. The van der Waals surface area contributed by atoms with Crippen molar-refractivity contribution in [1.82, 2.24) is 0 Å². The Hall–Kier alpha value is -3.41. The summed E-state index contributed by atoms with van der Waals surface area (Å²) < 4.78 is 70.9. The van der Waals surface area contributed by atoms with Gasteiger partial charge in [0, 0.05) is 25.6 Å². The first kappa shape index (κ1) is 31.5. The molecular formula is C28H32ClN4O7S2+. The molecule has 1 aromatic heterocycles. The van der Waals surface area contributed by atoms with Gasteiger partial charge in [0.05, 0.1) is 39.5 Å². The Kier molecular flexibility index (Phi) is 9.96. The highest BCUT2D eigenvalue weighted by Gasteiger charge is 2.31. The van der Waals surface area contributed by atoms with Crippen molar-refractivity contribution in [2.45, 2.75) is 39.2 Å². The van der Waals surface area contributed by atoms with Crippen molar-refractivity contribution >= 4 is 60.4 Å². The molecule has 14 heteroatoms. The van der Waals surface area contributed by atoms with E-state index in [0.717, 1.165) is 22.7 Å². The van der Waals surface area contributed by atoms with Crippen LogP contribution in [-0.4, -0.2) is 50.5 Å². The fourth-order valence-corrected chi connectivity index (χ4v) is 6.28. The molecule has 1 aliphatic heterocycles. The highest BCUT2D eigenvalue weighted by molar-refractivity contribution is 7.86. The molecule has 0 spiro atoms. The molecule has 0 saturated heterocycles. The third kappa shape index (κ3) is 7.70. The molecule has 0 saturated carbocycles. The molecule has 4 rings (SSSR count). The van der Waals surface area contributed by atoms with Gasteiger partial charge in [0.1, 0.15) is 11.9 Å². The van der Waals surface area contributed by atoms with E-state index in [-0.39, 0.29) is 17.9 Å². The predicted molar refractivity (Wildman–Crippen MR) is 161 cm³/mol. The van der Waals surface area contributed by atoms with Gasteiger partial charge in [-0.15, -0.1) is 0 Å². The Labute approximate surface area is 250 Å². The van der Waals surface area contributed by atoms with Gasteiger partial charge in [0.15, 0.2) is 6.54 Å². The molecule has 2 heterocycles. The predicted octanol–water partition coefficient (Wildman–Crippen LogP) is 4.78. The van der Waals surface area contributed by atoms with E-state index in [2.05, 4.69) is 6.07 Å². The van der Waals surface area contributed by atoms with E-state index in [1.165, 1.54) is 0 Å². The number of aromatic nitrogens is 1. The van der Waals surface area contributed by atoms with Crippen molar-refractivity contribution in [3.8, 4) is 6.07 Å². The largest absolute Gasteiger partial charge is 0.398 e. The maximum atomic E-state index is 11.2. The summed E-state index contributed by atoms with van der Waals surface area (Å²) in [4.78, 5) is 4.03. The molecule has 0 aliphatic carbocycles. The molecule has 0 atom stereocenters. The van der Waals surface area contributed by atoms with Crippen molar-refractivity contribution < 1.29 is 34.9 Å². The number of hydrogen-bond acceptors (Lipinski definition) is 8. The second-order valence-electron chi connectivity index (χ2n) is 9.76. The third-order valence-electron chi connectivity index (χ3n) is 6.82. The van der Waals surface area contributed by atoms with E-state index >= 15 is 0 Å². The molecule has 0 unspecified atom stereocenters. The minimum Gasteiger partial charge on any atom is -0.398 e. The van der Waals surface area contributed by atoms with Crippen LogP contribution in [0.4, 0.5) is 11.4 Å². The summed E-state index contributed by atoms with van der Waals surface area (Å²) in [5.41, 5.74) is 3.42. The number of hydrogen-bond donors (Lipinski definition) is 2. The Morgan fingerprint density at radius 3 is 2.33 bits per heavy atom. The smallest absolute Gasteiger partial charge is 0.374 e. The van der Waals surface area contributed by atoms with Crippen LogP contribution in [0.3, 0.4) is 0 Å². The van der Waals surface area contributed by atoms with Crippen LogP contribution < -0.4 is 14.4 Å². The normalized spacial score (nSPS) is 14.8. The highest BCUT2D eigenvalue weighted by atomic mass is 35.5. The molecular weight excluding hydrogens is 604 g/mol. The number of rotatable bonds is 13. The third-order valence-corrected chi connectivity index (χ3v) is 8.75. The second-order valence-corrected chi connectivity index (χ2v) is 13.3. The standard InChI is InChI=1S/C28H31ClN4O7S2/c1-2-31-25-19-22(29)21(20-30)18-24(25)32(14-5-7-16-41(34,35)36)27(31)12-9-13-28-33(15-6-8-17-42(37,38)39)23-10-3-4-11-26(23)40-28/h3-4,9-13,18-19H,2,5-8,14-17H2,1H3,(H-,34,35,36,37,38,39)/p+1. The number of para-hydroxylation sites is 2. The maximum absolute atomic E-state index is 11.2. The molecule has 42 heavy (non-hydrogen) atoms. The topological polar surface area (TPSA) is 156 Å². The molecule has 11 nitrogen and oxygen atoms in total. The van der Waals surface area contributed by atoms with Crippen molar-refractivity contribution in [2.75, 3.05) is 34.4 Å². The first-order valence-corrected chi connectivity index (χ1v) is 17.0. The lowest BCUT2D eigenvalue weighted by atomic mass is 10.1. The lowest BCUT2D eigenvalue weighted by molar-refractivity contribution is -0.678. The lowest BCUT2D eigenvalue weighted by Gasteiger charge is -2.24.